The minimum atomic E-state index is -3.72. The molecular formula is C17H28N2O4S. The van der Waals surface area contributed by atoms with Crippen molar-refractivity contribution in [1.82, 2.24) is 10.0 Å². The summed E-state index contributed by atoms with van der Waals surface area (Å²) in [5, 5.41) is 2.97. The SMILES string of the molecule is CNS(=O)(=O)c1cc(C(=O)NC(C)(C)CC(C)(C)C)ccc1OC. The molecule has 0 radical (unpaired) electrons. The predicted molar refractivity (Wildman–Crippen MR) is 94.9 cm³/mol. The van der Waals surface area contributed by atoms with Gasteiger partial charge in [0, 0.05) is 11.1 Å². The molecule has 0 bridgehead atoms. The van der Waals surface area contributed by atoms with Gasteiger partial charge in [-0.25, -0.2) is 13.1 Å². The zero-order valence-corrected chi connectivity index (χ0v) is 16.3. The summed E-state index contributed by atoms with van der Waals surface area (Å²) in [5.74, 6) is -0.130. The number of nitrogens with one attached hydrogen (secondary N) is 2. The number of carbonyl (C=O) groups excluding carboxylic acids is 1. The molecule has 6 nitrogen and oxygen atoms in total. The Labute approximate surface area is 145 Å². The van der Waals surface area contributed by atoms with E-state index in [1.165, 1.54) is 26.3 Å². The molecule has 1 aromatic carbocycles. The number of hydrogen-bond acceptors (Lipinski definition) is 4. The number of carbonyl (C=O) groups is 1. The lowest BCUT2D eigenvalue weighted by Crippen LogP contribution is -2.45. The predicted octanol–water partition coefficient (Wildman–Crippen LogP) is 2.55. The second-order valence-electron chi connectivity index (χ2n) is 7.65. The molecule has 0 unspecified atom stereocenters. The molecule has 0 saturated carbocycles. The third-order valence-electron chi connectivity index (χ3n) is 3.41. The van der Waals surface area contributed by atoms with E-state index in [0.717, 1.165) is 6.42 Å². The molecule has 2 N–H and O–H groups in total. The fourth-order valence-corrected chi connectivity index (χ4v) is 3.81. The molecule has 1 aromatic rings. The molecule has 0 aliphatic rings. The number of sulfonamides is 1. The highest BCUT2D eigenvalue weighted by Gasteiger charge is 2.28. The van der Waals surface area contributed by atoms with Gasteiger partial charge in [-0.3, -0.25) is 4.79 Å². The van der Waals surface area contributed by atoms with Crippen LogP contribution < -0.4 is 14.8 Å². The van der Waals surface area contributed by atoms with E-state index < -0.39 is 15.6 Å². The standard InChI is InChI=1S/C17H28N2O4S/c1-16(2,3)11-17(4,5)19-15(20)12-8-9-13(23-7)14(10-12)24(21,22)18-6/h8-10,18H,11H2,1-7H3,(H,19,20). The summed E-state index contributed by atoms with van der Waals surface area (Å²) in [6.45, 7) is 10.2. The molecule has 0 spiro atoms. The number of amides is 1. The second kappa shape index (κ2) is 7.11. The lowest BCUT2D eigenvalue weighted by atomic mass is 9.81. The van der Waals surface area contributed by atoms with Crippen molar-refractivity contribution in [2.45, 2.75) is 51.5 Å². The van der Waals surface area contributed by atoms with Crippen molar-refractivity contribution in [3.63, 3.8) is 0 Å². The molecule has 0 aromatic heterocycles. The van der Waals surface area contributed by atoms with Crippen LogP contribution in [0.5, 0.6) is 5.75 Å². The smallest absolute Gasteiger partial charge is 0.251 e. The second-order valence-corrected chi connectivity index (χ2v) is 9.50. The lowest BCUT2D eigenvalue weighted by Gasteiger charge is -2.33. The van der Waals surface area contributed by atoms with E-state index >= 15 is 0 Å². The van der Waals surface area contributed by atoms with Gasteiger partial charge in [0.05, 0.1) is 7.11 Å². The van der Waals surface area contributed by atoms with Crippen LogP contribution in [0.3, 0.4) is 0 Å². The van der Waals surface area contributed by atoms with Crippen molar-refractivity contribution >= 4 is 15.9 Å². The lowest BCUT2D eigenvalue weighted by molar-refractivity contribution is 0.0891. The Morgan fingerprint density at radius 3 is 2.21 bits per heavy atom. The first-order chi connectivity index (χ1) is 10.8. The van der Waals surface area contributed by atoms with Gasteiger partial charge in [0.1, 0.15) is 10.6 Å². The van der Waals surface area contributed by atoms with Gasteiger partial charge in [0.2, 0.25) is 10.0 Å². The van der Waals surface area contributed by atoms with Crippen LogP contribution in [-0.2, 0) is 10.0 Å². The van der Waals surface area contributed by atoms with Crippen molar-refractivity contribution in [3.05, 3.63) is 23.8 Å². The Bertz CT molecular complexity index is 704. The minimum Gasteiger partial charge on any atom is -0.495 e. The van der Waals surface area contributed by atoms with E-state index in [0.29, 0.717) is 0 Å². The van der Waals surface area contributed by atoms with E-state index in [9.17, 15) is 13.2 Å². The van der Waals surface area contributed by atoms with Crippen LogP contribution in [0.15, 0.2) is 23.1 Å². The number of methoxy groups -OCH3 is 1. The first-order valence-corrected chi connectivity index (χ1v) is 9.24. The maximum absolute atomic E-state index is 12.5. The van der Waals surface area contributed by atoms with Gasteiger partial charge >= 0.3 is 0 Å². The third kappa shape index (κ3) is 5.49. The average molecular weight is 356 g/mol. The molecule has 0 fully saturated rings. The van der Waals surface area contributed by atoms with Gasteiger partial charge in [-0.2, -0.15) is 0 Å². The van der Waals surface area contributed by atoms with Crippen molar-refractivity contribution in [2.24, 2.45) is 5.41 Å². The highest BCUT2D eigenvalue weighted by atomic mass is 32.2. The van der Waals surface area contributed by atoms with Gasteiger partial charge in [0.25, 0.3) is 5.91 Å². The normalized spacial score (nSPS) is 12.8. The molecule has 0 aliphatic heterocycles. The summed E-state index contributed by atoms with van der Waals surface area (Å²) in [6, 6.07) is 4.36. The number of ether oxygens (including phenoxy) is 1. The van der Waals surface area contributed by atoms with Crippen LogP contribution in [0.2, 0.25) is 0 Å². The van der Waals surface area contributed by atoms with Crippen LogP contribution in [0.25, 0.3) is 0 Å². The Morgan fingerprint density at radius 2 is 1.75 bits per heavy atom. The summed E-state index contributed by atoms with van der Waals surface area (Å²) in [7, 11) is -1.03. The number of rotatable bonds is 6. The molecule has 0 heterocycles. The molecule has 7 heteroatoms. The van der Waals surface area contributed by atoms with Gasteiger partial charge in [-0.15, -0.1) is 0 Å². The fraction of sp³-hybridized carbons (Fsp3) is 0.588. The molecule has 136 valence electrons. The first kappa shape index (κ1) is 20.4. The summed E-state index contributed by atoms with van der Waals surface area (Å²) >= 11 is 0. The van der Waals surface area contributed by atoms with Crippen LogP contribution in [0.4, 0.5) is 0 Å². The van der Waals surface area contributed by atoms with Crippen molar-refractivity contribution in [2.75, 3.05) is 14.2 Å². The van der Waals surface area contributed by atoms with Gasteiger partial charge in [-0.1, -0.05) is 20.8 Å². The maximum Gasteiger partial charge on any atom is 0.251 e. The van der Waals surface area contributed by atoms with Crippen molar-refractivity contribution < 1.29 is 17.9 Å². The Balaban J connectivity index is 3.15. The highest BCUT2D eigenvalue weighted by molar-refractivity contribution is 7.89. The van der Waals surface area contributed by atoms with Crippen molar-refractivity contribution in [3.8, 4) is 5.75 Å². The molecule has 1 rings (SSSR count). The van der Waals surface area contributed by atoms with Gasteiger partial charge < -0.3 is 10.1 Å². The first-order valence-electron chi connectivity index (χ1n) is 7.75. The molecule has 24 heavy (non-hydrogen) atoms. The van der Waals surface area contributed by atoms with Crippen molar-refractivity contribution in [1.29, 1.82) is 0 Å². The van der Waals surface area contributed by atoms with Gasteiger partial charge in [-0.05, 0) is 50.9 Å². The Kier molecular flexibility index (Phi) is 6.05. The van der Waals surface area contributed by atoms with Crippen LogP contribution in [0.1, 0.15) is 51.4 Å². The van der Waals surface area contributed by atoms with Crippen LogP contribution in [0, 0.1) is 5.41 Å². The molecule has 0 aliphatic carbocycles. The number of benzene rings is 1. The zero-order valence-electron chi connectivity index (χ0n) is 15.5. The maximum atomic E-state index is 12.5. The molecule has 0 saturated heterocycles. The van der Waals surface area contributed by atoms with E-state index in [1.807, 2.05) is 13.8 Å². The summed E-state index contributed by atoms with van der Waals surface area (Å²) in [4.78, 5) is 12.5. The Hall–Kier alpha value is -1.60. The van der Waals surface area contributed by atoms with E-state index in [4.69, 9.17) is 4.74 Å². The minimum absolute atomic E-state index is 0.0529. The van der Waals surface area contributed by atoms with Crippen LogP contribution >= 0.6 is 0 Å². The summed E-state index contributed by atoms with van der Waals surface area (Å²) < 4.78 is 31.5. The fourth-order valence-electron chi connectivity index (χ4n) is 2.89. The topological polar surface area (TPSA) is 84.5 Å². The van der Waals surface area contributed by atoms with E-state index in [-0.39, 0.29) is 27.5 Å². The molecular weight excluding hydrogens is 328 g/mol. The quantitative estimate of drug-likeness (QED) is 0.820. The van der Waals surface area contributed by atoms with Gasteiger partial charge in [0.15, 0.2) is 0 Å². The van der Waals surface area contributed by atoms with E-state index in [2.05, 4.69) is 30.8 Å². The summed E-state index contributed by atoms with van der Waals surface area (Å²) in [5.41, 5.74) is -0.0964. The van der Waals surface area contributed by atoms with E-state index in [1.54, 1.807) is 6.07 Å². The Morgan fingerprint density at radius 1 is 1.17 bits per heavy atom. The number of hydrogen-bond donors (Lipinski definition) is 2. The van der Waals surface area contributed by atoms with Crippen LogP contribution in [-0.4, -0.2) is 34.0 Å². The third-order valence-corrected chi connectivity index (χ3v) is 4.84. The molecule has 0 atom stereocenters. The molecule has 1 amide bonds. The average Bonchev–Trinajstić information content (AvgIpc) is 2.43. The highest BCUT2D eigenvalue weighted by Crippen LogP contribution is 2.28. The largest absolute Gasteiger partial charge is 0.495 e. The monoisotopic (exact) mass is 356 g/mol. The zero-order chi connectivity index (χ0) is 18.8. The summed E-state index contributed by atoms with van der Waals surface area (Å²) in [6.07, 6.45) is 0.781.